The predicted octanol–water partition coefficient (Wildman–Crippen LogP) is 1.23. The fraction of sp³-hybridized carbons (Fsp3) is 0.500. The van der Waals surface area contributed by atoms with Crippen molar-refractivity contribution in [3.05, 3.63) is 18.2 Å². The second-order valence-corrected chi connectivity index (χ2v) is 6.53. The molecule has 1 aromatic carbocycles. The van der Waals surface area contributed by atoms with Gasteiger partial charge in [0.1, 0.15) is 5.75 Å². The summed E-state index contributed by atoms with van der Waals surface area (Å²) in [4.78, 5) is 0.228. The summed E-state index contributed by atoms with van der Waals surface area (Å²) in [5.41, 5.74) is 6.08. The van der Waals surface area contributed by atoms with Crippen LogP contribution in [-0.2, 0) is 14.6 Å². The van der Waals surface area contributed by atoms with Gasteiger partial charge in [0, 0.05) is 25.0 Å². The highest BCUT2D eigenvalue weighted by Gasteiger charge is 2.29. The lowest BCUT2D eigenvalue weighted by atomic mass is 10.2. The van der Waals surface area contributed by atoms with Gasteiger partial charge < -0.3 is 15.2 Å². The van der Waals surface area contributed by atoms with E-state index in [4.69, 9.17) is 15.2 Å². The number of methoxy groups -OCH3 is 1. The van der Waals surface area contributed by atoms with Crippen molar-refractivity contribution in [2.75, 3.05) is 26.1 Å². The Kier molecular flexibility index (Phi) is 3.77. The molecule has 0 spiro atoms. The summed E-state index contributed by atoms with van der Waals surface area (Å²) in [7, 11) is -1.87. The number of ether oxygens (including phenoxy) is 2. The summed E-state index contributed by atoms with van der Waals surface area (Å²) in [5.74, 6) is 0.459. The second-order valence-electron chi connectivity index (χ2n) is 4.30. The fourth-order valence-electron chi connectivity index (χ4n) is 2.05. The van der Waals surface area contributed by atoms with Gasteiger partial charge in [0.15, 0.2) is 9.84 Å². The molecule has 1 aliphatic rings. The first-order valence-corrected chi connectivity index (χ1v) is 7.35. The van der Waals surface area contributed by atoms with Crippen molar-refractivity contribution in [2.45, 2.75) is 23.0 Å². The zero-order chi connectivity index (χ0) is 13.2. The molecule has 0 amide bonds. The van der Waals surface area contributed by atoms with Crippen LogP contribution in [0.1, 0.15) is 12.8 Å². The van der Waals surface area contributed by atoms with E-state index in [0.717, 1.165) is 0 Å². The number of hydrogen-bond donors (Lipinski definition) is 1. The van der Waals surface area contributed by atoms with E-state index in [0.29, 0.717) is 37.5 Å². The van der Waals surface area contributed by atoms with Gasteiger partial charge in [0.2, 0.25) is 0 Å². The van der Waals surface area contributed by atoms with Crippen LogP contribution >= 0.6 is 0 Å². The Morgan fingerprint density at radius 1 is 1.28 bits per heavy atom. The van der Waals surface area contributed by atoms with Gasteiger partial charge >= 0.3 is 0 Å². The largest absolute Gasteiger partial charge is 0.497 e. The molecule has 18 heavy (non-hydrogen) atoms. The van der Waals surface area contributed by atoms with Crippen molar-refractivity contribution in [2.24, 2.45) is 0 Å². The Bertz CT molecular complexity index is 521. The molecule has 6 heteroatoms. The van der Waals surface area contributed by atoms with Crippen molar-refractivity contribution in [1.29, 1.82) is 0 Å². The number of nitrogens with two attached hydrogens (primary N) is 1. The van der Waals surface area contributed by atoms with Crippen LogP contribution in [0.3, 0.4) is 0 Å². The standard InChI is InChI=1S/C12H17NO4S/c1-16-10-6-9(13)7-12(8-10)18(14,15)11-2-4-17-5-3-11/h6-8,11H,2-5,13H2,1H3. The van der Waals surface area contributed by atoms with Crippen LogP contribution in [0.15, 0.2) is 23.1 Å². The molecule has 0 radical (unpaired) electrons. The average molecular weight is 271 g/mol. The van der Waals surface area contributed by atoms with Crippen molar-refractivity contribution in [1.82, 2.24) is 0 Å². The Morgan fingerprint density at radius 3 is 2.56 bits per heavy atom. The van der Waals surface area contributed by atoms with Gasteiger partial charge in [-0.2, -0.15) is 0 Å². The zero-order valence-electron chi connectivity index (χ0n) is 10.3. The molecule has 0 aliphatic carbocycles. The maximum absolute atomic E-state index is 12.4. The summed E-state index contributed by atoms with van der Waals surface area (Å²) in [6.07, 6.45) is 1.05. The Balaban J connectivity index is 2.36. The Hall–Kier alpha value is -1.27. The third-order valence-corrected chi connectivity index (χ3v) is 5.32. The monoisotopic (exact) mass is 271 g/mol. The van der Waals surface area contributed by atoms with E-state index in [9.17, 15) is 8.42 Å². The van der Waals surface area contributed by atoms with Gasteiger partial charge in [-0.1, -0.05) is 0 Å². The molecule has 0 bridgehead atoms. The molecule has 2 N–H and O–H groups in total. The number of hydrogen-bond acceptors (Lipinski definition) is 5. The summed E-state index contributed by atoms with van der Waals surface area (Å²) in [6.45, 7) is 0.979. The highest BCUT2D eigenvalue weighted by Crippen LogP contribution is 2.28. The minimum atomic E-state index is -3.36. The number of anilines is 1. The summed E-state index contributed by atoms with van der Waals surface area (Å²) in [6, 6.07) is 4.59. The van der Waals surface area contributed by atoms with Crippen molar-refractivity contribution in [3.63, 3.8) is 0 Å². The predicted molar refractivity (Wildman–Crippen MR) is 68.4 cm³/mol. The molecule has 0 unspecified atom stereocenters. The summed E-state index contributed by atoms with van der Waals surface area (Å²) in [5, 5.41) is -0.391. The molecule has 1 saturated heterocycles. The SMILES string of the molecule is COc1cc(N)cc(S(=O)(=O)C2CCOCC2)c1. The molecule has 2 rings (SSSR count). The molecule has 1 fully saturated rings. The summed E-state index contributed by atoms with van der Waals surface area (Å²) >= 11 is 0. The molecular weight excluding hydrogens is 254 g/mol. The van der Waals surface area contributed by atoms with E-state index < -0.39 is 15.1 Å². The Labute approximate surface area is 107 Å². The van der Waals surface area contributed by atoms with Gasteiger partial charge in [-0.3, -0.25) is 0 Å². The highest BCUT2D eigenvalue weighted by atomic mass is 32.2. The lowest BCUT2D eigenvalue weighted by Crippen LogP contribution is -2.29. The van der Waals surface area contributed by atoms with E-state index in [1.807, 2.05) is 0 Å². The van der Waals surface area contributed by atoms with Crippen LogP contribution < -0.4 is 10.5 Å². The number of nitrogen functional groups attached to an aromatic ring is 1. The molecule has 0 aromatic heterocycles. The van der Waals surface area contributed by atoms with Crippen molar-refractivity contribution in [3.8, 4) is 5.75 Å². The third-order valence-electron chi connectivity index (χ3n) is 3.07. The minimum Gasteiger partial charge on any atom is -0.497 e. The minimum absolute atomic E-state index is 0.228. The van der Waals surface area contributed by atoms with Crippen LogP contribution in [0.5, 0.6) is 5.75 Å². The smallest absolute Gasteiger partial charge is 0.181 e. The van der Waals surface area contributed by atoms with Gasteiger partial charge in [-0.05, 0) is 25.0 Å². The molecule has 100 valence electrons. The van der Waals surface area contributed by atoms with E-state index in [1.54, 1.807) is 6.07 Å². The van der Waals surface area contributed by atoms with Crippen LogP contribution in [0, 0.1) is 0 Å². The first-order valence-electron chi connectivity index (χ1n) is 5.80. The van der Waals surface area contributed by atoms with E-state index in [-0.39, 0.29) is 4.90 Å². The molecule has 0 atom stereocenters. The average Bonchev–Trinajstić information content (AvgIpc) is 2.39. The van der Waals surface area contributed by atoms with Crippen LogP contribution in [0.4, 0.5) is 5.69 Å². The van der Waals surface area contributed by atoms with Gasteiger partial charge in [0.25, 0.3) is 0 Å². The molecule has 0 saturated carbocycles. The first kappa shape index (κ1) is 13.2. The van der Waals surface area contributed by atoms with Gasteiger partial charge in [-0.25, -0.2) is 8.42 Å². The molecular formula is C12H17NO4S. The first-order chi connectivity index (χ1) is 8.54. The van der Waals surface area contributed by atoms with E-state index >= 15 is 0 Å². The fourth-order valence-corrected chi connectivity index (χ4v) is 3.83. The van der Waals surface area contributed by atoms with Crippen molar-refractivity contribution >= 4 is 15.5 Å². The molecule has 5 nitrogen and oxygen atoms in total. The maximum Gasteiger partial charge on any atom is 0.181 e. The molecule has 1 aliphatic heterocycles. The molecule has 1 heterocycles. The number of rotatable bonds is 3. The van der Waals surface area contributed by atoms with E-state index in [1.165, 1.54) is 19.2 Å². The summed E-state index contributed by atoms with van der Waals surface area (Å²) < 4.78 is 35.1. The van der Waals surface area contributed by atoms with Gasteiger partial charge in [0.05, 0.1) is 17.3 Å². The zero-order valence-corrected chi connectivity index (χ0v) is 11.1. The van der Waals surface area contributed by atoms with Crippen LogP contribution in [0.2, 0.25) is 0 Å². The second kappa shape index (κ2) is 5.16. The van der Waals surface area contributed by atoms with E-state index in [2.05, 4.69) is 0 Å². The Morgan fingerprint density at radius 2 is 1.94 bits per heavy atom. The normalized spacial score (nSPS) is 17.6. The van der Waals surface area contributed by atoms with Crippen molar-refractivity contribution < 1.29 is 17.9 Å². The third kappa shape index (κ3) is 2.59. The molecule has 1 aromatic rings. The van der Waals surface area contributed by atoms with Crippen LogP contribution in [0.25, 0.3) is 0 Å². The van der Waals surface area contributed by atoms with Gasteiger partial charge in [-0.15, -0.1) is 0 Å². The lowest BCUT2D eigenvalue weighted by Gasteiger charge is -2.22. The number of sulfone groups is 1. The lowest BCUT2D eigenvalue weighted by molar-refractivity contribution is 0.0983. The number of benzene rings is 1. The topological polar surface area (TPSA) is 78.6 Å². The highest BCUT2D eigenvalue weighted by molar-refractivity contribution is 7.92. The van der Waals surface area contributed by atoms with Crippen LogP contribution in [-0.4, -0.2) is 34.0 Å². The maximum atomic E-state index is 12.4. The quantitative estimate of drug-likeness (QED) is 0.836.